The van der Waals surface area contributed by atoms with Gasteiger partial charge in [-0.3, -0.25) is 9.56 Å². The highest BCUT2D eigenvalue weighted by molar-refractivity contribution is 6.31. The van der Waals surface area contributed by atoms with Crippen LogP contribution in [0.2, 0.25) is 5.02 Å². The third kappa shape index (κ3) is 6.56. The summed E-state index contributed by atoms with van der Waals surface area (Å²) < 4.78 is 46.2. The normalized spacial score (nSPS) is 12.9. The maximum atomic E-state index is 8.60. The van der Waals surface area contributed by atoms with Crippen molar-refractivity contribution in [2.75, 3.05) is 13.2 Å². The Hall–Kier alpha value is -2.41. The molecule has 0 aliphatic carbocycles. The van der Waals surface area contributed by atoms with Crippen LogP contribution in [0.25, 0.3) is 5.69 Å². The second kappa shape index (κ2) is 11.1. The summed E-state index contributed by atoms with van der Waals surface area (Å²) in [4.78, 5) is 4.83. The Kier molecular flexibility index (Phi) is 8.51. The van der Waals surface area contributed by atoms with E-state index >= 15 is 0 Å². The van der Waals surface area contributed by atoms with E-state index in [2.05, 4.69) is 10.2 Å². The van der Waals surface area contributed by atoms with Crippen LogP contribution in [0.5, 0.6) is 0 Å². The van der Waals surface area contributed by atoms with E-state index in [-0.39, 0.29) is 0 Å². The Bertz CT molecular complexity index is 1090. The number of hydrogen-bond acceptors (Lipinski definition) is 9. The topological polar surface area (TPSA) is 151 Å². The molecule has 2 heterocycles. The molecule has 1 aromatic heterocycles. The van der Waals surface area contributed by atoms with Crippen molar-refractivity contribution in [2.45, 2.75) is 26.7 Å². The number of fused-ring (bicyclic) bond motifs is 3. The Morgan fingerprint density at radius 2 is 1.70 bits per heavy atom. The van der Waals surface area contributed by atoms with E-state index in [0.717, 1.165) is 28.4 Å². The minimum absolute atomic E-state index is 0.397. The fraction of sp³-hybridized carbons (Fsp3) is 0.286. The summed E-state index contributed by atoms with van der Waals surface area (Å²) in [5.74, 6) is 1.33. The average molecular weight is 497 g/mol. The van der Waals surface area contributed by atoms with E-state index in [1.807, 2.05) is 66.9 Å². The molecule has 0 amide bonds. The first-order chi connectivity index (χ1) is 15.7. The molecule has 1 N–H and O–H groups in total. The monoisotopic (exact) mass is 496 g/mol. The molecule has 4 rings (SSSR count). The lowest BCUT2D eigenvalue weighted by molar-refractivity contribution is -1.92. The number of aromatic nitrogens is 3. The van der Waals surface area contributed by atoms with E-state index < -0.39 is 16.5 Å². The van der Waals surface area contributed by atoms with Crippen molar-refractivity contribution in [3.63, 3.8) is 0 Å². The number of rotatable bonds is 6. The number of hydrogen-bond donors (Lipinski definition) is 1. The summed E-state index contributed by atoms with van der Waals surface area (Å²) in [7, 11) is -4.69. The van der Waals surface area contributed by atoms with Crippen LogP contribution in [-0.4, -0.2) is 38.3 Å². The van der Waals surface area contributed by atoms with Crippen LogP contribution >= 0.6 is 11.6 Å². The first kappa shape index (κ1) is 25.2. The van der Waals surface area contributed by atoms with Crippen LogP contribution < -0.4 is 14.0 Å². The van der Waals surface area contributed by atoms with Gasteiger partial charge in [0.05, 0.1) is 26.3 Å². The van der Waals surface area contributed by atoms with E-state index in [1.54, 1.807) is 0 Å². The molecule has 12 heteroatoms. The van der Waals surface area contributed by atoms with Crippen molar-refractivity contribution in [3.8, 4) is 5.69 Å². The zero-order valence-electron chi connectivity index (χ0n) is 17.9. The lowest BCUT2D eigenvalue weighted by atomic mass is 10.0. The Morgan fingerprint density at radius 1 is 1.06 bits per heavy atom. The average Bonchev–Trinajstić information content (AvgIpc) is 3.10. The molecule has 0 saturated carbocycles. The predicted octanol–water partition coefficient (Wildman–Crippen LogP) is 0.219. The molecule has 0 atom stereocenters. The van der Waals surface area contributed by atoms with E-state index in [9.17, 15) is 0 Å². The Morgan fingerprint density at radius 3 is 2.30 bits per heavy atom. The van der Waals surface area contributed by atoms with Crippen LogP contribution in [0.4, 0.5) is 0 Å². The minimum Gasteiger partial charge on any atom is -0.346 e. The van der Waals surface area contributed by atoms with Crippen molar-refractivity contribution in [2.24, 2.45) is 4.99 Å². The van der Waals surface area contributed by atoms with Gasteiger partial charge in [-0.15, -0.1) is 10.2 Å². The second-order valence-corrected chi connectivity index (χ2v) is 7.87. The molecule has 1 aliphatic rings. The molecule has 0 radical (unpaired) electrons. The third-order valence-electron chi connectivity index (χ3n) is 4.48. The van der Waals surface area contributed by atoms with Gasteiger partial charge < -0.3 is 9.47 Å². The molecule has 1 aliphatic heterocycles. The third-order valence-corrected chi connectivity index (χ3v) is 4.72. The van der Waals surface area contributed by atoms with E-state index in [4.69, 9.17) is 44.7 Å². The van der Waals surface area contributed by atoms with Gasteiger partial charge in [0.2, 0.25) is 6.29 Å². The van der Waals surface area contributed by atoms with Crippen molar-refractivity contribution < 1.29 is 38.4 Å². The highest BCUT2D eigenvalue weighted by atomic mass is 35.7. The highest BCUT2D eigenvalue weighted by Crippen LogP contribution is 2.30. The molecule has 0 bridgehead atoms. The summed E-state index contributed by atoms with van der Waals surface area (Å²) in [6.45, 7) is 5.26. The molecule has 0 unspecified atom stereocenters. The van der Waals surface area contributed by atoms with Gasteiger partial charge >= 0.3 is 0 Å². The van der Waals surface area contributed by atoms with Gasteiger partial charge in [-0.2, -0.15) is 14.0 Å². The summed E-state index contributed by atoms with van der Waals surface area (Å²) in [5, 5.41) is 9.37. The quantitative estimate of drug-likeness (QED) is 0.475. The molecule has 2 aromatic carbocycles. The Balaban J connectivity index is 0.000000555. The largest absolute Gasteiger partial charge is 0.346 e. The fourth-order valence-electron chi connectivity index (χ4n) is 3.32. The molecule has 176 valence electrons. The van der Waals surface area contributed by atoms with E-state index in [0.29, 0.717) is 30.6 Å². The van der Waals surface area contributed by atoms with Crippen LogP contribution in [0, 0.1) is 10.2 Å². The van der Waals surface area contributed by atoms with Crippen LogP contribution in [0.15, 0.2) is 53.5 Å². The van der Waals surface area contributed by atoms with Gasteiger partial charge in [0.15, 0.2) is 11.6 Å². The molecule has 0 fully saturated rings. The zero-order chi connectivity index (χ0) is 24.0. The SMILES string of the molecule is CCOC(OCC)c1nnc2n1-c1ccc(Cl)cc1C(c1ccccc1)=NC2.[O-][Cl+3]([O-])([O-])O. The van der Waals surface area contributed by atoms with Gasteiger partial charge in [-0.05, 0) is 32.0 Å². The summed E-state index contributed by atoms with van der Waals surface area (Å²) in [6, 6.07) is 15.8. The van der Waals surface area contributed by atoms with Crippen molar-refractivity contribution >= 4 is 17.3 Å². The predicted molar refractivity (Wildman–Crippen MR) is 110 cm³/mol. The summed E-state index contributed by atoms with van der Waals surface area (Å²) in [6.07, 6.45) is -0.599. The van der Waals surface area contributed by atoms with Gasteiger partial charge in [0.1, 0.15) is 6.54 Å². The number of ether oxygens (including phenoxy) is 2. The molecule has 3 aromatic rings. The maximum Gasteiger partial charge on any atom is 0.219 e. The van der Waals surface area contributed by atoms with Gasteiger partial charge in [0, 0.05) is 29.4 Å². The highest BCUT2D eigenvalue weighted by Gasteiger charge is 2.27. The van der Waals surface area contributed by atoms with Gasteiger partial charge in [0.25, 0.3) is 0 Å². The fourth-order valence-corrected chi connectivity index (χ4v) is 3.49. The first-order valence-corrected chi connectivity index (χ1v) is 11.6. The molecular weight excluding hydrogens is 475 g/mol. The number of benzene rings is 2. The van der Waals surface area contributed by atoms with Crippen LogP contribution in [0.3, 0.4) is 0 Å². The maximum absolute atomic E-state index is 8.60. The van der Waals surface area contributed by atoms with E-state index in [1.165, 1.54) is 0 Å². The smallest absolute Gasteiger partial charge is 0.219 e. The number of aliphatic imine (C=N–C) groups is 1. The standard InChI is InChI=1S/C21H21ClN4O2.ClHO4/c1-3-27-21(28-4-2)20-25-24-18-13-23-19(14-8-6-5-7-9-14)16-12-15(22)10-11-17(16)26(18)20;2-1(3,4)5/h5-12,21H,3-4,13H2,1-2H3;(H,2,3,4,5). The first-order valence-electron chi connectivity index (χ1n) is 9.93. The Labute approximate surface area is 197 Å². The van der Waals surface area contributed by atoms with Gasteiger partial charge in [-0.25, -0.2) is 0 Å². The number of nitrogens with zero attached hydrogens (tertiary/aromatic N) is 4. The molecule has 10 nitrogen and oxygen atoms in total. The molecular formula is C21H22Cl2N4O6. The number of halogens is 2. The second-order valence-electron chi connectivity index (χ2n) is 6.64. The lowest BCUT2D eigenvalue weighted by Crippen LogP contribution is -2.58. The zero-order valence-corrected chi connectivity index (χ0v) is 19.4. The van der Waals surface area contributed by atoms with Crippen molar-refractivity contribution in [1.82, 2.24) is 14.8 Å². The van der Waals surface area contributed by atoms with Gasteiger partial charge in [-0.1, -0.05) is 41.9 Å². The summed E-state index contributed by atoms with van der Waals surface area (Å²) >= 11 is 6.34. The van der Waals surface area contributed by atoms with Crippen molar-refractivity contribution in [1.29, 1.82) is 0 Å². The molecule has 0 spiro atoms. The molecule has 33 heavy (non-hydrogen) atoms. The molecule has 0 saturated heterocycles. The summed E-state index contributed by atoms with van der Waals surface area (Å²) in [5.41, 5.74) is 3.73. The van der Waals surface area contributed by atoms with Crippen LogP contribution in [-0.2, 0) is 16.0 Å². The van der Waals surface area contributed by atoms with Crippen LogP contribution in [0.1, 0.15) is 42.9 Å². The lowest BCUT2D eigenvalue weighted by Gasteiger charge is -2.19. The minimum atomic E-state index is -4.69. The van der Waals surface area contributed by atoms with Crippen molar-refractivity contribution in [3.05, 3.63) is 76.3 Å².